The molecular formula is C62H120O6. The Morgan fingerprint density at radius 3 is 0.721 bits per heavy atom. The van der Waals surface area contributed by atoms with Gasteiger partial charge in [-0.05, 0) is 25.2 Å². The van der Waals surface area contributed by atoms with Crippen LogP contribution in [0, 0.1) is 5.92 Å². The minimum absolute atomic E-state index is 0.0615. The van der Waals surface area contributed by atoms with Gasteiger partial charge in [0.15, 0.2) is 6.10 Å². The molecule has 0 aliphatic heterocycles. The van der Waals surface area contributed by atoms with Crippen molar-refractivity contribution in [2.45, 2.75) is 361 Å². The van der Waals surface area contributed by atoms with Gasteiger partial charge in [-0.25, -0.2) is 0 Å². The molecule has 6 nitrogen and oxygen atoms in total. The molecule has 0 spiro atoms. The number of unbranched alkanes of at least 4 members (excludes halogenated alkanes) is 44. The number of hydrogen-bond donors (Lipinski definition) is 0. The number of esters is 3. The second kappa shape index (κ2) is 56.3. The van der Waals surface area contributed by atoms with Crippen LogP contribution < -0.4 is 0 Å². The van der Waals surface area contributed by atoms with Crippen molar-refractivity contribution in [2.75, 3.05) is 13.2 Å². The van der Waals surface area contributed by atoms with Crippen LogP contribution in [0.2, 0.25) is 0 Å². The van der Waals surface area contributed by atoms with E-state index in [2.05, 4.69) is 27.7 Å². The first-order valence-electron chi connectivity index (χ1n) is 30.9. The number of ether oxygens (including phenoxy) is 3. The van der Waals surface area contributed by atoms with E-state index in [4.69, 9.17) is 14.2 Å². The SMILES string of the molecule is CCCCCCCCCCCCCCCCCCCCCC(=O)OC[C@@H](COC(=O)CCCCCCCCCCCC)OC(=O)CCCCCCCCCCCCCCCCCCCCC(C)C. The number of rotatable bonds is 57. The van der Waals surface area contributed by atoms with Gasteiger partial charge in [-0.15, -0.1) is 0 Å². The van der Waals surface area contributed by atoms with Crippen molar-refractivity contribution in [3.05, 3.63) is 0 Å². The minimum Gasteiger partial charge on any atom is -0.462 e. The lowest BCUT2D eigenvalue weighted by atomic mass is 10.0. The highest BCUT2D eigenvalue weighted by molar-refractivity contribution is 5.71. The Kier molecular flexibility index (Phi) is 55.0. The zero-order valence-electron chi connectivity index (χ0n) is 46.6. The van der Waals surface area contributed by atoms with Crippen molar-refractivity contribution < 1.29 is 28.6 Å². The van der Waals surface area contributed by atoms with Gasteiger partial charge >= 0.3 is 17.9 Å². The van der Waals surface area contributed by atoms with Crippen molar-refractivity contribution in [2.24, 2.45) is 5.92 Å². The molecule has 0 aliphatic rings. The molecule has 0 N–H and O–H groups in total. The number of hydrogen-bond acceptors (Lipinski definition) is 6. The maximum atomic E-state index is 12.9. The molecular weight excluding hydrogens is 841 g/mol. The quantitative estimate of drug-likeness (QED) is 0.0343. The minimum atomic E-state index is -0.762. The van der Waals surface area contributed by atoms with E-state index in [0.29, 0.717) is 19.3 Å². The summed E-state index contributed by atoms with van der Waals surface area (Å²) in [5, 5.41) is 0. The normalized spacial score (nSPS) is 12.0. The van der Waals surface area contributed by atoms with Crippen molar-refractivity contribution in [3.8, 4) is 0 Å². The summed E-state index contributed by atoms with van der Waals surface area (Å²) >= 11 is 0. The molecule has 68 heavy (non-hydrogen) atoms. The van der Waals surface area contributed by atoms with Crippen LogP contribution in [0.15, 0.2) is 0 Å². The lowest BCUT2D eigenvalue weighted by Gasteiger charge is -2.18. The van der Waals surface area contributed by atoms with E-state index in [1.807, 2.05) is 0 Å². The van der Waals surface area contributed by atoms with Crippen molar-refractivity contribution in [1.29, 1.82) is 0 Å². The molecule has 0 amide bonds. The largest absolute Gasteiger partial charge is 0.462 e. The van der Waals surface area contributed by atoms with E-state index in [1.165, 1.54) is 250 Å². The first-order valence-corrected chi connectivity index (χ1v) is 30.9. The summed E-state index contributed by atoms with van der Waals surface area (Å²) < 4.78 is 16.9. The number of carbonyl (C=O) groups excluding carboxylic acids is 3. The highest BCUT2D eigenvalue weighted by atomic mass is 16.6. The van der Waals surface area contributed by atoms with Gasteiger partial charge in [0.25, 0.3) is 0 Å². The average molecular weight is 962 g/mol. The van der Waals surface area contributed by atoms with E-state index < -0.39 is 6.10 Å². The van der Waals surface area contributed by atoms with E-state index in [1.54, 1.807) is 0 Å². The van der Waals surface area contributed by atoms with Crippen LogP contribution in [0.3, 0.4) is 0 Å². The Morgan fingerprint density at radius 1 is 0.279 bits per heavy atom. The molecule has 0 bridgehead atoms. The van der Waals surface area contributed by atoms with Gasteiger partial charge in [-0.1, -0.05) is 317 Å². The summed E-state index contributed by atoms with van der Waals surface area (Å²) in [4.78, 5) is 38.2. The molecule has 1 atom stereocenters. The van der Waals surface area contributed by atoms with Crippen molar-refractivity contribution in [3.63, 3.8) is 0 Å². The third kappa shape index (κ3) is 55.3. The highest BCUT2D eigenvalue weighted by Gasteiger charge is 2.19. The van der Waals surface area contributed by atoms with Crippen LogP contribution in [0.5, 0.6) is 0 Å². The zero-order chi connectivity index (χ0) is 49.5. The Labute approximate surface area is 425 Å². The Balaban J connectivity index is 4.19. The fourth-order valence-corrected chi connectivity index (χ4v) is 9.63. The van der Waals surface area contributed by atoms with Gasteiger partial charge in [-0.3, -0.25) is 14.4 Å². The molecule has 0 radical (unpaired) electrons. The molecule has 0 aromatic heterocycles. The van der Waals surface area contributed by atoms with E-state index in [9.17, 15) is 14.4 Å². The summed E-state index contributed by atoms with van der Waals surface area (Å²) in [5.74, 6) is 0.0252. The lowest BCUT2D eigenvalue weighted by molar-refractivity contribution is -0.167. The molecule has 0 aromatic carbocycles. The van der Waals surface area contributed by atoms with Gasteiger partial charge in [0.1, 0.15) is 13.2 Å². The summed E-state index contributed by atoms with van der Waals surface area (Å²) in [7, 11) is 0. The monoisotopic (exact) mass is 961 g/mol. The standard InChI is InChI=1S/C62H120O6/c1-5-7-9-11-13-15-17-18-19-20-21-25-28-31-34-38-42-46-50-54-61(64)67-57-59(56-66-60(63)53-49-45-41-37-16-14-12-10-8-6-2)68-62(65)55-51-47-43-39-35-32-29-26-23-22-24-27-30-33-36-40-44-48-52-58(3)4/h58-59H,5-57H2,1-4H3/t59-/m1/s1. The van der Waals surface area contributed by atoms with Gasteiger partial charge in [-0.2, -0.15) is 0 Å². The summed E-state index contributed by atoms with van der Waals surface area (Å²) in [5.41, 5.74) is 0. The molecule has 404 valence electrons. The number of carbonyl (C=O) groups is 3. The van der Waals surface area contributed by atoms with Crippen molar-refractivity contribution >= 4 is 17.9 Å². The maximum absolute atomic E-state index is 12.9. The summed E-state index contributed by atoms with van der Waals surface area (Å²) in [6.45, 7) is 9.08. The Hall–Kier alpha value is -1.59. The van der Waals surface area contributed by atoms with Gasteiger partial charge < -0.3 is 14.2 Å². The molecule has 0 unspecified atom stereocenters. The second-order valence-electron chi connectivity index (χ2n) is 21.8. The molecule has 0 heterocycles. The molecule has 0 aromatic rings. The van der Waals surface area contributed by atoms with Gasteiger partial charge in [0, 0.05) is 19.3 Å². The van der Waals surface area contributed by atoms with Crippen LogP contribution in [-0.4, -0.2) is 37.2 Å². The van der Waals surface area contributed by atoms with E-state index >= 15 is 0 Å². The van der Waals surface area contributed by atoms with E-state index in [-0.39, 0.29) is 31.1 Å². The van der Waals surface area contributed by atoms with E-state index in [0.717, 1.165) is 63.7 Å². The zero-order valence-corrected chi connectivity index (χ0v) is 46.6. The summed E-state index contributed by atoms with van der Waals surface area (Å²) in [6.07, 6.45) is 62.5. The fraction of sp³-hybridized carbons (Fsp3) is 0.952. The van der Waals surface area contributed by atoms with Gasteiger partial charge in [0.05, 0.1) is 0 Å². The summed E-state index contributed by atoms with van der Waals surface area (Å²) in [6, 6.07) is 0. The first kappa shape index (κ1) is 66.4. The maximum Gasteiger partial charge on any atom is 0.306 e. The van der Waals surface area contributed by atoms with Crippen LogP contribution in [0.4, 0.5) is 0 Å². The molecule has 0 saturated heterocycles. The first-order chi connectivity index (χ1) is 33.4. The molecule has 6 heteroatoms. The average Bonchev–Trinajstić information content (AvgIpc) is 3.32. The smallest absolute Gasteiger partial charge is 0.306 e. The van der Waals surface area contributed by atoms with Crippen LogP contribution in [0.1, 0.15) is 355 Å². The van der Waals surface area contributed by atoms with Crippen LogP contribution in [0.25, 0.3) is 0 Å². The predicted molar refractivity (Wildman–Crippen MR) is 293 cm³/mol. The van der Waals surface area contributed by atoms with Gasteiger partial charge in [0.2, 0.25) is 0 Å². The molecule has 0 fully saturated rings. The Morgan fingerprint density at radius 2 is 0.485 bits per heavy atom. The predicted octanol–water partition coefficient (Wildman–Crippen LogP) is 20.6. The third-order valence-corrected chi connectivity index (χ3v) is 14.3. The Bertz CT molecular complexity index is 1030. The van der Waals surface area contributed by atoms with Crippen LogP contribution in [-0.2, 0) is 28.6 Å². The highest BCUT2D eigenvalue weighted by Crippen LogP contribution is 2.18. The topological polar surface area (TPSA) is 78.9 Å². The molecule has 0 rings (SSSR count). The third-order valence-electron chi connectivity index (χ3n) is 14.3. The molecule has 0 saturated carbocycles. The lowest BCUT2D eigenvalue weighted by Crippen LogP contribution is -2.30. The fourth-order valence-electron chi connectivity index (χ4n) is 9.63. The second-order valence-corrected chi connectivity index (χ2v) is 21.8. The van der Waals surface area contributed by atoms with Crippen molar-refractivity contribution in [1.82, 2.24) is 0 Å². The molecule has 0 aliphatic carbocycles. The van der Waals surface area contributed by atoms with Crippen LogP contribution >= 0.6 is 0 Å².